The van der Waals surface area contributed by atoms with Crippen molar-refractivity contribution in [3.8, 4) is 11.3 Å². The average molecular weight is 237 g/mol. The van der Waals surface area contributed by atoms with Crippen molar-refractivity contribution in [3.05, 3.63) is 60.0 Å². The normalized spacial score (nSPS) is 15.7. The Morgan fingerprint density at radius 3 is 2.83 bits per heavy atom. The van der Waals surface area contributed by atoms with Crippen LogP contribution < -0.4 is 0 Å². The molecule has 3 rings (SSSR count). The molecule has 0 amide bonds. The summed E-state index contributed by atoms with van der Waals surface area (Å²) in [6.45, 7) is 0. The van der Waals surface area contributed by atoms with Crippen LogP contribution in [0.1, 0.15) is 17.7 Å². The van der Waals surface area contributed by atoms with Crippen molar-refractivity contribution in [1.82, 2.24) is 4.98 Å². The quantitative estimate of drug-likeness (QED) is 0.782. The molecule has 1 heterocycles. The maximum Gasteiger partial charge on any atom is 0.0866 e. The maximum absolute atomic E-state index is 5.14. The van der Waals surface area contributed by atoms with E-state index < -0.39 is 0 Å². The molecular weight excluding hydrogens is 222 g/mol. The summed E-state index contributed by atoms with van der Waals surface area (Å²) in [6, 6.07) is 12.6. The molecule has 0 saturated heterocycles. The number of hydrogen-bond acceptors (Lipinski definition) is 1. The van der Waals surface area contributed by atoms with Crippen molar-refractivity contribution in [2.75, 3.05) is 7.11 Å². The topological polar surface area (TPSA) is 25.0 Å². The van der Waals surface area contributed by atoms with Crippen molar-refractivity contribution in [2.24, 2.45) is 0 Å². The van der Waals surface area contributed by atoms with Crippen LogP contribution in [0.15, 0.2) is 48.7 Å². The van der Waals surface area contributed by atoms with E-state index in [4.69, 9.17) is 4.74 Å². The van der Waals surface area contributed by atoms with E-state index >= 15 is 0 Å². The van der Waals surface area contributed by atoms with Gasteiger partial charge in [-0.05, 0) is 29.7 Å². The first-order valence-electron chi connectivity index (χ1n) is 6.05. The van der Waals surface area contributed by atoms with Crippen molar-refractivity contribution in [3.63, 3.8) is 0 Å². The van der Waals surface area contributed by atoms with Crippen LogP contribution in [0.25, 0.3) is 22.9 Å². The summed E-state index contributed by atoms with van der Waals surface area (Å²) in [5, 5.41) is 0. The first-order chi connectivity index (χ1) is 8.88. The van der Waals surface area contributed by atoms with Crippen LogP contribution in [-0.4, -0.2) is 12.1 Å². The molecule has 2 nitrogen and oxygen atoms in total. The number of aromatic nitrogens is 1. The summed E-state index contributed by atoms with van der Waals surface area (Å²) >= 11 is 0. The highest BCUT2D eigenvalue weighted by atomic mass is 16.5. The van der Waals surface area contributed by atoms with Gasteiger partial charge in [-0.1, -0.05) is 36.4 Å². The number of ether oxygens (including phenoxy) is 1. The van der Waals surface area contributed by atoms with Gasteiger partial charge in [0.2, 0.25) is 0 Å². The minimum atomic E-state index is 0.924. The molecule has 0 saturated carbocycles. The Morgan fingerprint density at radius 2 is 2.06 bits per heavy atom. The van der Waals surface area contributed by atoms with Crippen LogP contribution in [-0.2, 0) is 4.74 Å². The molecule has 0 radical (unpaired) electrons. The molecule has 1 aliphatic rings. The number of nitrogens with one attached hydrogen (secondary N) is 1. The Morgan fingerprint density at radius 1 is 1.22 bits per heavy atom. The van der Waals surface area contributed by atoms with Gasteiger partial charge in [0.25, 0.3) is 0 Å². The molecule has 0 bridgehead atoms. The van der Waals surface area contributed by atoms with Crippen molar-refractivity contribution in [1.29, 1.82) is 0 Å². The highest BCUT2D eigenvalue weighted by Crippen LogP contribution is 2.32. The van der Waals surface area contributed by atoms with E-state index in [0.717, 1.165) is 17.8 Å². The van der Waals surface area contributed by atoms with E-state index in [-0.39, 0.29) is 0 Å². The molecule has 0 spiro atoms. The van der Waals surface area contributed by atoms with Gasteiger partial charge in [-0.3, -0.25) is 0 Å². The third-order valence-corrected chi connectivity index (χ3v) is 3.16. The predicted molar refractivity (Wildman–Crippen MR) is 74.9 cm³/mol. The third kappa shape index (κ3) is 1.86. The van der Waals surface area contributed by atoms with Gasteiger partial charge in [-0.2, -0.15) is 0 Å². The Hall–Kier alpha value is -2.22. The number of aromatic amines is 1. The molecule has 0 fully saturated rings. The summed E-state index contributed by atoms with van der Waals surface area (Å²) in [4.78, 5) is 3.46. The van der Waals surface area contributed by atoms with Crippen molar-refractivity contribution in [2.45, 2.75) is 6.42 Å². The first kappa shape index (κ1) is 10.9. The molecule has 18 heavy (non-hydrogen) atoms. The first-order valence-corrected chi connectivity index (χ1v) is 6.05. The van der Waals surface area contributed by atoms with Crippen LogP contribution in [0.3, 0.4) is 0 Å². The molecule has 1 aliphatic carbocycles. The number of hydrogen-bond donors (Lipinski definition) is 1. The van der Waals surface area contributed by atoms with E-state index in [1.165, 1.54) is 16.7 Å². The largest absolute Gasteiger partial charge is 0.504 e. The van der Waals surface area contributed by atoms with Crippen molar-refractivity contribution < 1.29 is 4.74 Å². The average Bonchev–Trinajstić information content (AvgIpc) is 2.85. The van der Waals surface area contributed by atoms with E-state index in [9.17, 15) is 0 Å². The molecule has 1 aromatic carbocycles. The standard InChI is InChI=1S/C16H15NO/c1-18-11-13-8-5-9-15-14(13)10-16(17-15)12-6-3-2-4-7-12/h2-7,9-11,17H,8H2,1H3. The molecule has 1 aromatic heterocycles. The monoisotopic (exact) mass is 237 g/mol. The predicted octanol–water partition coefficient (Wildman–Crippen LogP) is 4.09. The van der Waals surface area contributed by atoms with Crippen LogP contribution in [0.5, 0.6) is 0 Å². The lowest BCUT2D eigenvalue weighted by Gasteiger charge is -2.08. The second-order valence-corrected chi connectivity index (χ2v) is 4.36. The summed E-state index contributed by atoms with van der Waals surface area (Å²) < 4.78 is 5.14. The summed E-state index contributed by atoms with van der Waals surface area (Å²) in [7, 11) is 1.69. The van der Waals surface area contributed by atoms with Gasteiger partial charge in [0.1, 0.15) is 0 Å². The smallest absolute Gasteiger partial charge is 0.0866 e. The van der Waals surface area contributed by atoms with Crippen molar-refractivity contribution >= 4 is 11.6 Å². The second kappa shape index (κ2) is 4.57. The lowest BCUT2D eigenvalue weighted by Crippen LogP contribution is -1.90. The molecule has 1 N–H and O–H groups in total. The zero-order valence-electron chi connectivity index (χ0n) is 10.3. The van der Waals surface area contributed by atoms with E-state index in [1.807, 2.05) is 12.3 Å². The maximum atomic E-state index is 5.14. The molecule has 2 heteroatoms. The molecule has 0 atom stereocenters. The van der Waals surface area contributed by atoms with Crippen LogP contribution in [0.4, 0.5) is 0 Å². The number of benzene rings is 1. The summed E-state index contributed by atoms with van der Waals surface area (Å²) in [5.41, 5.74) is 5.96. The van der Waals surface area contributed by atoms with Gasteiger partial charge in [-0.25, -0.2) is 0 Å². The van der Waals surface area contributed by atoms with E-state index in [2.05, 4.69) is 47.5 Å². The lowest BCUT2D eigenvalue weighted by molar-refractivity contribution is 0.339. The van der Waals surface area contributed by atoms with Crippen LogP contribution >= 0.6 is 0 Å². The highest BCUT2D eigenvalue weighted by Gasteiger charge is 2.14. The van der Waals surface area contributed by atoms with E-state index in [0.29, 0.717) is 0 Å². The number of rotatable bonds is 2. The minimum Gasteiger partial charge on any atom is -0.504 e. The fourth-order valence-electron chi connectivity index (χ4n) is 2.31. The van der Waals surface area contributed by atoms with Crippen LogP contribution in [0.2, 0.25) is 0 Å². The zero-order valence-corrected chi connectivity index (χ0v) is 10.3. The Labute approximate surface area is 107 Å². The number of fused-ring (bicyclic) bond motifs is 1. The fourth-order valence-corrected chi connectivity index (χ4v) is 2.31. The molecule has 0 unspecified atom stereocenters. The third-order valence-electron chi connectivity index (χ3n) is 3.16. The Balaban J connectivity index is 2.07. The minimum absolute atomic E-state index is 0.924. The van der Waals surface area contributed by atoms with Gasteiger partial charge < -0.3 is 9.72 Å². The van der Waals surface area contributed by atoms with Gasteiger partial charge in [0.05, 0.1) is 13.4 Å². The molecular formula is C16H15NO. The SMILES string of the molecule is COC=C1CC=Cc2[nH]c(-c3ccccc3)cc21. The van der Waals surface area contributed by atoms with Gasteiger partial charge in [0.15, 0.2) is 0 Å². The molecule has 0 aliphatic heterocycles. The lowest BCUT2D eigenvalue weighted by atomic mass is 9.98. The number of H-pyrrole nitrogens is 1. The van der Waals surface area contributed by atoms with Crippen LogP contribution in [0, 0.1) is 0 Å². The fraction of sp³-hybridized carbons (Fsp3) is 0.125. The summed E-state index contributed by atoms with van der Waals surface area (Å²) in [5.74, 6) is 0. The Kier molecular flexibility index (Phi) is 2.77. The second-order valence-electron chi connectivity index (χ2n) is 4.36. The number of methoxy groups -OCH3 is 1. The zero-order chi connectivity index (χ0) is 12.4. The van der Waals surface area contributed by atoms with Gasteiger partial charge in [0, 0.05) is 17.0 Å². The highest BCUT2D eigenvalue weighted by molar-refractivity contribution is 5.81. The Bertz CT molecular complexity index is 605. The molecule has 90 valence electrons. The number of allylic oxidation sites excluding steroid dienone is 2. The van der Waals surface area contributed by atoms with Gasteiger partial charge >= 0.3 is 0 Å². The summed E-state index contributed by atoms with van der Waals surface area (Å²) in [6.07, 6.45) is 7.03. The molecule has 2 aromatic rings. The van der Waals surface area contributed by atoms with Gasteiger partial charge in [-0.15, -0.1) is 0 Å². The van der Waals surface area contributed by atoms with E-state index in [1.54, 1.807) is 7.11 Å².